The van der Waals surface area contributed by atoms with Gasteiger partial charge in [0.25, 0.3) is 0 Å². The van der Waals surface area contributed by atoms with Gasteiger partial charge in [0.05, 0.1) is 12.3 Å². The average molecular weight is 306 g/mol. The summed E-state index contributed by atoms with van der Waals surface area (Å²) in [5, 5.41) is 3.14. The molecule has 0 aromatic carbocycles. The van der Waals surface area contributed by atoms with Crippen molar-refractivity contribution in [3.63, 3.8) is 0 Å². The highest BCUT2D eigenvalue weighted by atomic mass is 16.5. The van der Waals surface area contributed by atoms with Gasteiger partial charge in [-0.15, -0.1) is 0 Å². The number of furan rings is 1. The Balaban J connectivity index is 1.58. The molecule has 1 aromatic heterocycles. The standard InChI is InChI=1S/C17H26N2O3/c20-17(14-6-11-21-12-7-14)18-13-15(16-5-4-10-22-16)19-8-2-1-3-9-19/h4-5,10,14-15H,1-3,6-9,11-13H2,(H,18,20). The molecular weight excluding hydrogens is 280 g/mol. The molecular formula is C17H26N2O3. The summed E-state index contributed by atoms with van der Waals surface area (Å²) in [7, 11) is 0. The molecule has 0 spiro atoms. The molecule has 1 aromatic rings. The third-order valence-corrected chi connectivity index (χ3v) is 4.76. The maximum Gasteiger partial charge on any atom is 0.223 e. The van der Waals surface area contributed by atoms with Crippen LogP contribution in [0.15, 0.2) is 22.8 Å². The van der Waals surface area contributed by atoms with Crippen LogP contribution in [-0.4, -0.2) is 43.7 Å². The van der Waals surface area contributed by atoms with Crippen molar-refractivity contribution in [3.05, 3.63) is 24.2 Å². The van der Waals surface area contributed by atoms with Crippen molar-refractivity contribution < 1.29 is 13.9 Å². The first-order valence-corrected chi connectivity index (χ1v) is 8.47. The molecule has 0 bridgehead atoms. The predicted molar refractivity (Wildman–Crippen MR) is 83.4 cm³/mol. The number of rotatable bonds is 5. The van der Waals surface area contributed by atoms with E-state index in [2.05, 4.69) is 10.2 Å². The third kappa shape index (κ3) is 3.90. The number of carbonyl (C=O) groups excluding carboxylic acids is 1. The van der Waals surface area contributed by atoms with Crippen LogP contribution < -0.4 is 5.32 Å². The minimum absolute atomic E-state index is 0.104. The summed E-state index contributed by atoms with van der Waals surface area (Å²) in [5.74, 6) is 1.22. The first-order chi connectivity index (χ1) is 10.8. The van der Waals surface area contributed by atoms with Crippen molar-refractivity contribution in [1.29, 1.82) is 0 Å². The molecule has 1 atom stereocenters. The number of nitrogens with zero attached hydrogens (tertiary/aromatic N) is 1. The highest BCUT2D eigenvalue weighted by Crippen LogP contribution is 2.25. The summed E-state index contributed by atoms with van der Waals surface area (Å²) >= 11 is 0. The van der Waals surface area contributed by atoms with Crippen LogP contribution in [0.5, 0.6) is 0 Å². The molecule has 5 heteroatoms. The smallest absolute Gasteiger partial charge is 0.223 e. The van der Waals surface area contributed by atoms with Gasteiger partial charge in [0, 0.05) is 25.7 Å². The van der Waals surface area contributed by atoms with Gasteiger partial charge in [0.2, 0.25) is 5.91 Å². The number of nitrogens with one attached hydrogen (secondary N) is 1. The zero-order chi connectivity index (χ0) is 15.2. The lowest BCUT2D eigenvalue weighted by Crippen LogP contribution is -2.42. The topological polar surface area (TPSA) is 54.7 Å². The average Bonchev–Trinajstić information content (AvgIpc) is 3.11. The molecule has 0 aliphatic carbocycles. The Hall–Kier alpha value is -1.33. The molecule has 2 aliphatic heterocycles. The Kier molecular flexibility index (Phi) is 5.51. The van der Waals surface area contributed by atoms with E-state index in [-0.39, 0.29) is 17.9 Å². The van der Waals surface area contributed by atoms with Gasteiger partial charge in [-0.1, -0.05) is 6.42 Å². The number of hydrogen-bond acceptors (Lipinski definition) is 4. The molecule has 3 rings (SSSR count). The largest absolute Gasteiger partial charge is 0.468 e. The Morgan fingerprint density at radius 3 is 2.73 bits per heavy atom. The van der Waals surface area contributed by atoms with Gasteiger partial charge < -0.3 is 14.5 Å². The highest BCUT2D eigenvalue weighted by molar-refractivity contribution is 5.78. The van der Waals surface area contributed by atoms with E-state index in [1.807, 2.05) is 12.1 Å². The molecule has 0 saturated carbocycles. The Morgan fingerprint density at radius 2 is 2.05 bits per heavy atom. The van der Waals surface area contributed by atoms with Gasteiger partial charge in [-0.25, -0.2) is 0 Å². The molecule has 2 aliphatic rings. The van der Waals surface area contributed by atoms with E-state index >= 15 is 0 Å². The monoisotopic (exact) mass is 306 g/mol. The van der Waals surface area contributed by atoms with Crippen LogP contribution in [0.4, 0.5) is 0 Å². The lowest BCUT2D eigenvalue weighted by Gasteiger charge is -2.34. The van der Waals surface area contributed by atoms with Gasteiger partial charge in [-0.05, 0) is 50.9 Å². The molecule has 1 unspecified atom stereocenters. The summed E-state index contributed by atoms with van der Waals surface area (Å²) in [6, 6.07) is 4.09. The van der Waals surface area contributed by atoms with Crippen LogP contribution in [0.25, 0.3) is 0 Å². The highest BCUT2D eigenvalue weighted by Gasteiger charge is 2.27. The van der Waals surface area contributed by atoms with E-state index in [9.17, 15) is 4.79 Å². The van der Waals surface area contributed by atoms with E-state index < -0.39 is 0 Å². The van der Waals surface area contributed by atoms with Crippen molar-refractivity contribution in [1.82, 2.24) is 10.2 Å². The van der Waals surface area contributed by atoms with Crippen LogP contribution in [0.1, 0.15) is 43.9 Å². The summed E-state index contributed by atoms with van der Waals surface area (Å²) in [6.07, 6.45) is 7.14. The van der Waals surface area contributed by atoms with E-state index in [0.717, 1.165) is 31.7 Å². The molecule has 2 saturated heterocycles. The molecule has 0 radical (unpaired) electrons. The second kappa shape index (κ2) is 7.79. The van der Waals surface area contributed by atoms with Crippen LogP contribution in [0.3, 0.4) is 0 Å². The third-order valence-electron chi connectivity index (χ3n) is 4.76. The lowest BCUT2D eigenvalue weighted by molar-refractivity contribution is -0.128. The normalized spacial score (nSPS) is 22.4. The maximum atomic E-state index is 12.3. The Morgan fingerprint density at radius 1 is 1.27 bits per heavy atom. The minimum Gasteiger partial charge on any atom is -0.468 e. The van der Waals surface area contributed by atoms with Gasteiger partial charge >= 0.3 is 0 Å². The number of ether oxygens (including phenoxy) is 1. The first-order valence-electron chi connectivity index (χ1n) is 8.47. The minimum atomic E-state index is 0.104. The predicted octanol–water partition coefficient (Wildman–Crippen LogP) is 2.35. The van der Waals surface area contributed by atoms with E-state index in [0.29, 0.717) is 19.8 Å². The second-order valence-electron chi connectivity index (χ2n) is 6.26. The summed E-state index contributed by atoms with van der Waals surface area (Å²) < 4.78 is 10.9. The molecule has 5 nitrogen and oxygen atoms in total. The van der Waals surface area contributed by atoms with Gasteiger partial charge in [-0.2, -0.15) is 0 Å². The zero-order valence-electron chi connectivity index (χ0n) is 13.1. The fraction of sp³-hybridized carbons (Fsp3) is 0.706. The van der Waals surface area contributed by atoms with E-state index in [4.69, 9.17) is 9.15 Å². The quantitative estimate of drug-likeness (QED) is 0.907. The van der Waals surface area contributed by atoms with Crippen LogP contribution in [-0.2, 0) is 9.53 Å². The number of likely N-dealkylation sites (tertiary alicyclic amines) is 1. The molecule has 22 heavy (non-hydrogen) atoms. The lowest BCUT2D eigenvalue weighted by atomic mass is 9.99. The van der Waals surface area contributed by atoms with Gasteiger partial charge in [0.15, 0.2) is 0 Å². The van der Waals surface area contributed by atoms with Gasteiger partial charge in [0.1, 0.15) is 5.76 Å². The Bertz CT molecular complexity index is 448. The summed E-state index contributed by atoms with van der Waals surface area (Å²) in [5.41, 5.74) is 0. The SMILES string of the molecule is O=C(NCC(c1ccco1)N1CCCCC1)C1CCOCC1. The molecule has 1 amide bonds. The van der Waals surface area contributed by atoms with Crippen molar-refractivity contribution in [2.75, 3.05) is 32.8 Å². The Labute approximate surface area is 132 Å². The van der Waals surface area contributed by atoms with Crippen LogP contribution in [0.2, 0.25) is 0 Å². The molecule has 3 heterocycles. The number of hydrogen-bond donors (Lipinski definition) is 1. The fourth-order valence-electron chi connectivity index (χ4n) is 3.42. The van der Waals surface area contributed by atoms with Crippen molar-refractivity contribution in [2.24, 2.45) is 5.92 Å². The van der Waals surface area contributed by atoms with E-state index in [1.54, 1.807) is 6.26 Å². The number of amides is 1. The van der Waals surface area contributed by atoms with Gasteiger partial charge in [-0.3, -0.25) is 9.69 Å². The zero-order valence-corrected chi connectivity index (χ0v) is 13.1. The number of carbonyl (C=O) groups is 1. The van der Waals surface area contributed by atoms with Crippen LogP contribution in [0, 0.1) is 5.92 Å². The van der Waals surface area contributed by atoms with Crippen molar-refractivity contribution in [3.8, 4) is 0 Å². The summed E-state index contributed by atoms with van der Waals surface area (Å²) in [4.78, 5) is 14.8. The number of piperidine rings is 1. The van der Waals surface area contributed by atoms with Crippen molar-refractivity contribution in [2.45, 2.75) is 38.1 Å². The van der Waals surface area contributed by atoms with Crippen molar-refractivity contribution >= 4 is 5.91 Å². The molecule has 122 valence electrons. The molecule has 1 N–H and O–H groups in total. The summed E-state index contributed by atoms with van der Waals surface area (Å²) in [6.45, 7) is 4.19. The van der Waals surface area contributed by atoms with E-state index in [1.165, 1.54) is 19.3 Å². The first kappa shape index (κ1) is 15.6. The second-order valence-corrected chi connectivity index (χ2v) is 6.26. The fourth-order valence-corrected chi connectivity index (χ4v) is 3.42. The maximum absolute atomic E-state index is 12.3. The molecule has 2 fully saturated rings. The van der Waals surface area contributed by atoms with Crippen LogP contribution >= 0.6 is 0 Å².